The first-order valence-electron chi connectivity index (χ1n) is 7.08. The molecule has 0 aliphatic carbocycles. The molecule has 122 valence electrons. The van der Waals surface area contributed by atoms with Gasteiger partial charge in [0, 0.05) is 28.6 Å². The van der Waals surface area contributed by atoms with Gasteiger partial charge in [0.2, 0.25) is 5.78 Å². The molecule has 0 atom stereocenters. The van der Waals surface area contributed by atoms with Gasteiger partial charge in [-0.05, 0) is 36.8 Å². The lowest BCUT2D eigenvalue weighted by Gasteiger charge is -2.05. The molecule has 0 radical (unpaired) electrons. The van der Waals surface area contributed by atoms with Crippen molar-refractivity contribution in [3.63, 3.8) is 0 Å². The highest BCUT2D eigenvalue weighted by atomic mass is 35.5. The summed E-state index contributed by atoms with van der Waals surface area (Å²) in [4.78, 5) is 23.7. The topological polar surface area (TPSA) is 52.6 Å². The highest BCUT2D eigenvalue weighted by Gasteiger charge is 2.30. The molecule has 0 spiro atoms. The lowest BCUT2D eigenvalue weighted by molar-refractivity contribution is -0.131. The summed E-state index contributed by atoms with van der Waals surface area (Å²) in [6.07, 6.45) is 1.51. The molecule has 0 aromatic heterocycles. The maximum atomic E-state index is 12.6. The van der Waals surface area contributed by atoms with Crippen LogP contribution in [0.4, 0.5) is 0 Å². The number of halogens is 2. The van der Waals surface area contributed by atoms with Crippen LogP contribution < -0.4 is 9.47 Å². The summed E-state index contributed by atoms with van der Waals surface area (Å²) in [7, 11) is 0. The maximum Gasteiger partial charge on any atom is 0.308 e. The number of rotatable bonds is 2. The quantitative estimate of drug-likeness (QED) is 0.435. The number of ketones is 1. The van der Waals surface area contributed by atoms with E-state index < -0.39 is 5.97 Å². The predicted octanol–water partition coefficient (Wildman–Crippen LogP) is 4.84. The minimum atomic E-state index is -0.447. The number of hydrogen-bond donors (Lipinski definition) is 0. The zero-order valence-electron chi connectivity index (χ0n) is 12.9. The lowest BCUT2D eigenvalue weighted by Crippen LogP contribution is -2.02. The van der Waals surface area contributed by atoms with Crippen molar-refractivity contribution in [1.82, 2.24) is 0 Å². The van der Waals surface area contributed by atoms with Crippen LogP contribution in [0.3, 0.4) is 0 Å². The molecule has 3 rings (SSSR count). The van der Waals surface area contributed by atoms with Crippen LogP contribution in [0.2, 0.25) is 10.0 Å². The fraction of sp³-hybridized carbons (Fsp3) is 0.111. The third-order valence-corrected chi connectivity index (χ3v) is 4.14. The molecule has 6 heteroatoms. The van der Waals surface area contributed by atoms with Crippen LogP contribution in [0.1, 0.15) is 28.4 Å². The Kier molecular flexibility index (Phi) is 4.35. The van der Waals surface area contributed by atoms with Gasteiger partial charge in [0.15, 0.2) is 5.76 Å². The number of ether oxygens (including phenoxy) is 2. The van der Waals surface area contributed by atoms with Crippen molar-refractivity contribution in [3.8, 4) is 11.5 Å². The van der Waals surface area contributed by atoms with Crippen molar-refractivity contribution in [2.75, 3.05) is 0 Å². The number of hydrogen-bond acceptors (Lipinski definition) is 4. The third kappa shape index (κ3) is 3.03. The number of fused-ring (bicyclic) bond motifs is 1. The molecular formula is C18H12Cl2O4. The van der Waals surface area contributed by atoms with Gasteiger partial charge in [-0.1, -0.05) is 29.3 Å². The van der Waals surface area contributed by atoms with Gasteiger partial charge in [0.1, 0.15) is 11.5 Å². The van der Waals surface area contributed by atoms with E-state index >= 15 is 0 Å². The van der Waals surface area contributed by atoms with Crippen molar-refractivity contribution in [3.05, 3.63) is 62.8 Å². The zero-order chi connectivity index (χ0) is 17.4. The van der Waals surface area contributed by atoms with Crippen LogP contribution in [0.15, 0.2) is 36.1 Å². The molecule has 1 heterocycles. The highest BCUT2D eigenvalue weighted by Crippen LogP contribution is 2.38. The fourth-order valence-electron chi connectivity index (χ4n) is 2.48. The Labute approximate surface area is 148 Å². The van der Waals surface area contributed by atoms with Crippen LogP contribution >= 0.6 is 23.2 Å². The molecule has 0 saturated heterocycles. The molecule has 1 aliphatic rings. The molecule has 2 aromatic rings. The molecule has 0 saturated carbocycles. The maximum absolute atomic E-state index is 12.6. The molecule has 0 bridgehead atoms. The Hall–Kier alpha value is -2.30. The summed E-state index contributed by atoms with van der Waals surface area (Å²) in [5.41, 5.74) is 1.59. The molecule has 1 aliphatic heterocycles. The first-order chi connectivity index (χ1) is 11.4. The summed E-state index contributed by atoms with van der Waals surface area (Å²) in [6, 6.07) is 8.20. The number of carbonyl (C=O) groups is 2. The Morgan fingerprint density at radius 1 is 1.21 bits per heavy atom. The van der Waals surface area contributed by atoms with Gasteiger partial charge in [-0.2, -0.15) is 0 Å². The summed E-state index contributed by atoms with van der Waals surface area (Å²) < 4.78 is 10.7. The van der Waals surface area contributed by atoms with Crippen LogP contribution in [-0.4, -0.2) is 11.8 Å². The van der Waals surface area contributed by atoms with Gasteiger partial charge < -0.3 is 9.47 Å². The largest absolute Gasteiger partial charge is 0.452 e. The fourth-order valence-corrected chi connectivity index (χ4v) is 2.99. The molecule has 0 unspecified atom stereocenters. The molecule has 0 amide bonds. The van der Waals surface area contributed by atoms with E-state index in [0.717, 1.165) is 0 Å². The molecule has 0 fully saturated rings. The van der Waals surface area contributed by atoms with Crippen LogP contribution in [0.25, 0.3) is 6.08 Å². The predicted molar refractivity (Wildman–Crippen MR) is 91.9 cm³/mol. The smallest absolute Gasteiger partial charge is 0.308 e. The van der Waals surface area contributed by atoms with E-state index in [1.54, 1.807) is 31.2 Å². The van der Waals surface area contributed by atoms with Gasteiger partial charge in [-0.3, -0.25) is 9.59 Å². The van der Waals surface area contributed by atoms with E-state index in [-0.39, 0.29) is 11.5 Å². The Balaban J connectivity index is 2.03. The molecule has 24 heavy (non-hydrogen) atoms. The lowest BCUT2D eigenvalue weighted by atomic mass is 10.0. The number of esters is 1. The van der Waals surface area contributed by atoms with E-state index in [4.69, 9.17) is 32.7 Å². The van der Waals surface area contributed by atoms with E-state index in [9.17, 15) is 9.59 Å². The van der Waals surface area contributed by atoms with Crippen molar-refractivity contribution >= 4 is 41.0 Å². The van der Waals surface area contributed by atoms with E-state index in [1.807, 2.05) is 0 Å². The summed E-state index contributed by atoms with van der Waals surface area (Å²) in [5.74, 6) is 0.0578. The second-order valence-electron chi connectivity index (χ2n) is 5.28. The minimum absolute atomic E-state index is 0.114. The van der Waals surface area contributed by atoms with Gasteiger partial charge in [-0.25, -0.2) is 0 Å². The van der Waals surface area contributed by atoms with Gasteiger partial charge in [0.25, 0.3) is 0 Å². The van der Waals surface area contributed by atoms with Gasteiger partial charge in [0.05, 0.1) is 5.56 Å². The number of aryl methyl sites for hydroxylation is 1. The Bertz CT molecular complexity index is 880. The molecule has 4 nitrogen and oxygen atoms in total. The molecule has 2 aromatic carbocycles. The van der Waals surface area contributed by atoms with Crippen LogP contribution in [-0.2, 0) is 4.79 Å². The van der Waals surface area contributed by atoms with Crippen molar-refractivity contribution in [2.45, 2.75) is 13.8 Å². The van der Waals surface area contributed by atoms with Crippen LogP contribution in [0.5, 0.6) is 11.5 Å². The monoisotopic (exact) mass is 362 g/mol. The summed E-state index contributed by atoms with van der Waals surface area (Å²) in [5, 5.41) is 0.833. The van der Waals surface area contributed by atoms with E-state index in [2.05, 4.69) is 0 Å². The Morgan fingerprint density at radius 2 is 1.88 bits per heavy atom. The van der Waals surface area contributed by atoms with Crippen molar-refractivity contribution in [2.24, 2.45) is 0 Å². The average molecular weight is 363 g/mol. The first kappa shape index (κ1) is 16.6. The second kappa shape index (κ2) is 6.30. The standard InChI is InChI=1S/C18H12Cl2O4/c1-9-6-11(23-10(2)21)7-15-17(9)18(22)16(24-15)8-12-13(19)4-3-5-14(12)20/h3-8H,1-2H3/b16-8-. The minimum Gasteiger partial charge on any atom is -0.452 e. The molecule has 0 N–H and O–H groups in total. The summed E-state index contributed by atoms with van der Waals surface area (Å²) in [6.45, 7) is 3.05. The van der Waals surface area contributed by atoms with E-state index in [1.165, 1.54) is 19.1 Å². The normalized spacial score (nSPS) is 14.5. The molecular weight excluding hydrogens is 351 g/mol. The Morgan fingerprint density at radius 3 is 2.50 bits per heavy atom. The third-order valence-electron chi connectivity index (χ3n) is 3.48. The zero-order valence-corrected chi connectivity index (χ0v) is 14.4. The van der Waals surface area contributed by atoms with E-state index in [0.29, 0.717) is 38.2 Å². The number of carbonyl (C=O) groups excluding carboxylic acids is 2. The SMILES string of the molecule is CC(=O)Oc1cc(C)c2c(c1)O/C(=C\c1c(Cl)cccc1Cl)C2=O. The van der Waals surface area contributed by atoms with Gasteiger partial charge >= 0.3 is 5.97 Å². The number of benzene rings is 2. The number of allylic oxidation sites excluding steroid dienone is 1. The van der Waals surface area contributed by atoms with Gasteiger partial charge in [-0.15, -0.1) is 0 Å². The van der Waals surface area contributed by atoms with Crippen LogP contribution in [0, 0.1) is 6.92 Å². The number of Topliss-reactive ketones (excluding diaryl/α,β-unsaturated/α-hetero) is 1. The van der Waals surface area contributed by atoms with Crippen molar-refractivity contribution in [1.29, 1.82) is 0 Å². The second-order valence-corrected chi connectivity index (χ2v) is 6.10. The first-order valence-corrected chi connectivity index (χ1v) is 7.83. The summed E-state index contributed by atoms with van der Waals surface area (Å²) >= 11 is 12.3. The average Bonchev–Trinajstić information content (AvgIpc) is 2.79. The highest BCUT2D eigenvalue weighted by molar-refractivity contribution is 6.37. The van der Waals surface area contributed by atoms with Crippen molar-refractivity contribution < 1.29 is 19.1 Å².